The zero-order chi connectivity index (χ0) is 26.1. The highest BCUT2D eigenvalue weighted by Crippen LogP contribution is 2.24. The van der Waals surface area contributed by atoms with Gasteiger partial charge < -0.3 is 19.7 Å². The molecule has 0 saturated heterocycles. The molecule has 0 bridgehead atoms. The smallest absolute Gasteiger partial charge is 0.261 e. The van der Waals surface area contributed by atoms with E-state index in [9.17, 15) is 9.59 Å². The normalized spacial score (nSPS) is 11.6. The van der Waals surface area contributed by atoms with Crippen molar-refractivity contribution in [1.29, 1.82) is 0 Å². The lowest BCUT2D eigenvalue weighted by Gasteiger charge is -2.32. The molecule has 0 radical (unpaired) electrons. The summed E-state index contributed by atoms with van der Waals surface area (Å²) in [6, 6.07) is 20.7. The van der Waals surface area contributed by atoms with Gasteiger partial charge in [-0.2, -0.15) is 0 Å². The second-order valence-electron chi connectivity index (χ2n) is 8.59. The van der Waals surface area contributed by atoms with Crippen molar-refractivity contribution in [2.75, 3.05) is 13.7 Å². The number of nitrogens with zero attached hydrogens (tertiary/aromatic N) is 1. The minimum absolute atomic E-state index is 0.0950. The summed E-state index contributed by atoms with van der Waals surface area (Å²) in [7, 11) is 1.58. The summed E-state index contributed by atoms with van der Waals surface area (Å²) in [6.45, 7) is 3.63. The zero-order valence-electron chi connectivity index (χ0n) is 20.5. The second kappa shape index (κ2) is 13.2. The predicted octanol–water partition coefficient (Wildman–Crippen LogP) is 5.55. The number of hydrogen-bond acceptors (Lipinski definition) is 4. The maximum atomic E-state index is 13.6. The summed E-state index contributed by atoms with van der Waals surface area (Å²) in [4.78, 5) is 28.5. The van der Waals surface area contributed by atoms with E-state index in [0.29, 0.717) is 33.5 Å². The van der Waals surface area contributed by atoms with Gasteiger partial charge >= 0.3 is 0 Å². The van der Waals surface area contributed by atoms with Crippen molar-refractivity contribution in [3.05, 3.63) is 94.0 Å². The van der Waals surface area contributed by atoms with Crippen LogP contribution in [0.1, 0.15) is 25.0 Å². The molecule has 0 spiro atoms. The van der Waals surface area contributed by atoms with Gasteiger partial charge in [-0.3, -0.25) is 9.59 Å². The molecule has 3 rings (SSSR count). The van der Waals surface area contributed by atoms with Gasteiger partial charge in [0.15, 0.2) is 6.61 Å². The van der Waals surface area contributed by atoms with Crippen LogP contribution in [0.3, 0.4) is 0 Å². The number of benzene rings is 3. The molecule has 0 aliphatic rings. The minimum Gasteiger partial charge on any atom is -0.497 e. The van der Waals surface area contributed by atoms with Crippen LogP contribution in [0.5, 0.6) is 11.5 Å². The van der Waals surface area contributed by atoms with Gasteiger partial charge in [0.05, 0.1) is 7.11 Å². The molecule has 3 aromatic carbocycles. The number of carbonyl (C=O) groups is 2. The Labute approximate surface area is 222 Å². The molecular formula is C28H30Cl2N2O4. The number of hydrogen-bond donors (Lipinski definition) is 1. The van der Waals surface area contributed by atoms with Crippen molar-refractivity contribution in [2.24, 2.45) is 0 Å². The Balaban J connectivity index is 1.91. The van der Waals surface area contributed by atoms with Crippen molar-refractivity contribution >= 4 is 35.0 Å². The highest BCUT2D eigenvalue weighted by Gasteiger charge is 2.31. The van der Waals surface area contributed by atoms with Crippen molar-refractivity contribution in [2.45, 2.75) is 38.9 Å². The molecule has 6 nitrogen and oxygen atoms in total. The summed E-state index contributed by atoms with van der Waals surface area (Å²) in [5.74, 6) is 0.592. The molecule has 0 fully saturated rings. The first-order valence-electron chi connectivity index (χ1n) is 11.6. The van der Waals surface area contributed by atoms with Gasteiger partial charge in [0.2, 0.25) is 5.91 Å². The van der Waals surface area contributed by atoms with Gasteiger partial charge in [0.1, 0.15) is 17.5 Å². The first-order chi connectivity index (χ1) is 17.3. The lowest BCUT2D eigenvalue weighted by Crippen LogP contribution is -2.52. The molecular weight excluding hydrogens is 499 g/mol. The second-order valence-corrected chi connectivity index (χ2v) is 9.43. The van der Waals surface area contributed by atoms with Crippen LogP contribution < -0.4 is 14.8 Å². The van der Waals surface area contributed by atoms with Crippen LogP contribution in [-0.2, 0) is 22.6 Å². The van der Waals surface area contributed by atoms with Gasteiger partial charge in [-0.25, -0.2) is 0 Å². The quantitative estimate of drug-likeness (QED) is 0.354. The molecule has 0 aliphatic heterocycles. The number of amides is 2. The van der Waals surface area contributed by atoms with Gasteiger partial charge in [-0.05, 0) is 61.4 Å². The van der Waals surface area contributed by atoms with E-state index in [0.717, 1.165) is 5.56 Å². The third-order valence-corrected chi connectivity index (χ3v) is 6.07. The number of methoxy groups -OCH3 is 1. The van der Waals surface area contributed by atoms with Gasteiger partial charge in [0.25, 0.3) is 5.91 Å². The standard InChI is InChI=1S/C28H30Cl2N2O4/c1-19(2)31-28(34)26(15-20-7-5-4-6-8-20)32(17-21-9-10-22(29)16-25(21)30)27(33)18-36-24-13-11-23(35-3)12-14-24/h4-14,16,19,26H,15,17-18H2,1-3H3,(H,31,34)/t26-/m0/s1. The topological polar surface area (TPSA) is 67.9 Å². The van der Waals surface area contributed by atoms with Crippen LogP contribution in [0.2, 0.25) is 10.0 Å². The first kappa shape index (κ1) is 27.4. The zero-order valence-corrected chi connectivity index (χ0v) is 22.1. The highest BCUT2D eigenvalue weighted by atomic mass is 35.5. The molecule has 1 N–H and O–H groups in total. The van der Waals surface area contributed by atoms with Crippen LogP contribution in [0.4, 0.5) is 0 Å². The average molecular weight is 529 g/mol. The summed E-state index contributed by atoms with van der Waals surface area (Å²) < 4.78 is 10.9. The molecule has 0 heterocycles. The van der Waals surface area contributed by atoms with Gasteiger partial charge in [-0.1, -0.05) is 59.6 Å². The van der Waals surface area contributed by atoms with Crippen molar-refractivity contribution < 1.29 is 19.1 Å². The van der Waals surface area contributed by atoms with Crippen LogP contribution >= 0.6 is 23.2 Å². The molecule has 0 aromatic heterocycles. The Morgan fingerprint density at radius 3 is 2.22 bits per heavy atom. The summed E-state index contributed by atoms with van der Waals surface area (Å²) in [5, 5.41) is 3.86. The molecule has 8 heteroatoms. The van der Waals surface area contributed by atoms with Crippen LogP contribution in [-0.4, -0.2) is 42.5 Å². The molecule has 3 aromatic rings. The van der Waals surface area contributed by atoms with Crippen molar-refractivity contribution in [1.82, 2.24) is 10.2 Å². The maximum Gasteiger partial charge on any atom is 0.261 e. The predicted molar refractivity (Wildman–Crippen MR) is 143 cm³/mol. The molecule has 0 saturated carbocycles. The Kier molecular flexibility index (Phi) is 10.0. The third-order valence-electron chi connectivity index (χ3n) is 5.48. The summed E-state index contributed by atoms with van der Waals surface area (Å²) in [5.41, 5.74) is 1.60. The number of ether oxygens (including phenoxy) is 2. The summed E-state index contributed by atoms with van der Waals surface area (Å²) in [6.07, 6.45) is 0.332. The van der Waals surface area contributed by atoms with Gasteiger partial charge in [0, 0.05) is 29.1 Å². The summed E-state index contributed by atoms with van der Waals surface area (Å²) >= 11 is 12.5. The monoisotopic (exact) mass is 528 g/mol. The maximum absolute atomic E-state index is 13.6. The molecule has 1 atom stereocenters. The number of halogens is 2. The van der Waals surface area contributed by atoms with E-state index < -0.39 is 6.04 Å². The minimum atomic E-state index is -0.784. The van der Waals surface area contributed by atoms with E-state index in [1.807, 2.05) is 44.2 Å². The number of nitrogens with one attached hydrogen (secondary N) is 1. The fraction of sp³-hybridized carbons (Fsp3) is 0.286. The van der Waals surface area contributed by atoms with Crippen molar-refractivity contribution in [3.8, 4) is 11.5 Å². The van der Waals surface area contributed by atoms with Crippen molar-refractivity contribution in [3.63, 3.8) is 0 Å². The van der Waals surface area contributed by atoms with Crippen LogP contribution in [0.15, 0.2) is 72.8 Å². The molecule has 190 valence electrons. The van der Waals surface area contributed by atoms with E-state index in [2.05, 4.69) is 5.32 Å². The lowest BCUT2D eigenvalue weighted by molar-refractivity contribution is -0.143. The Morgan fingerprint density at radius 1 is 0.944 bits per heavy atom. The van der Waals surface area contributed by atoms with E-state index in [1.54, 1.807) is 49.6 Å². The first-order valence-corrected chi connectivity index (χ1v) is 12.4. The van der Waals surface area contributed by atoms with Gasteiger partial charge in [-0.15, -0.1) is 0 Å². The van der Waals surface area contributed by atoms with E-state index in [-0.39, 0.29) is 31.0 Å². The number of carbonyl (C=O) groups excluding carboxylic acids is 2. The molecule has 2 amide bonds. The lowest BCUT2D eigenvalue weighted by atomic mass is 10.0. The van der Waals surface area contributed by atoms with Crippen LogP contribution in [0.25, 0.3) is 0 Å². The van der Waals surface area contributed by atoms with E-state index in [1.165, 1.54) is 4.90 Å². The fourth-order valence-electron chi connectivity index (χ4n) is 3.67. The highest BCUT2D eigenvalue weighted by molar-refractivity contribution is 6.35. The largest absolute Gasteiger partial charge is 0.497 e. The number of rotatable bonds is 11. The SMILES string of the molecule is COc1ccc(OCC(=O)N(Cc2ccc(Cl)cc2Cl)[C@@H](Cc2ccccc2)C(=O)NC(C)C)cc1. The van der Waals surface area contributed by atoms with E-state index in [4.69, 9.17) is 32.7 Å². The van der Waals surface area contributed by atoms with E-state index >= 15 is 0 Å². The fourth-order valence-corrected chi connectivity index (χ4v) is 4.14. The molecule has 0 aliphatic carbocycles. The molecule has 0 unspecified atom stereocenters. The average Bonchev–Trinajstić information content (AvgIpc) is 2.86. The Hall–Kier alpha value is -3.22. The van der Waals surface area contributed by atoms with Crippen LogP contribution in [0, 0.1) is 0 Å². The third kappa shape index (κ3) is 7.90. The Morgan fingerprint density at radius 2 is 1.61 bits per heavy atom. The molecule has 36 heavy (non-hydrogen) atoms. The Bertz CT molecular complexity index is 1150.